The summed E-state index contributed by atoms with van der Waals surface area (Å²) in [7, 11) is 0. The van der Waals surface area contributed by atoms with Crippen LogP contribution in [0.25, 0.3) is 0 Å². The van der Waals surface area contributed by atoms with Crippen LogP contribution in [0.3, 0.4) is 0 Å². The van der Waals surface area contributed by atoms with Crippen LogP contribution < -0.4 is 5.32 Å². The molecular weight excluding hydrogens is 256 g/mol. The minimum absolute atomic E-state index is 0.236. The number of piperazine rings is 1. The van der Waals surface area contributed by atoms with Crippen molar-refractivity contribution in [3.63, 3.8) is 0 Å². The van der Waals surface area contributed by atoms with E-state index in [0.717, 1.165) is 37.4 Å². The van der Waals surface area contributed by atoms with Crippen LogP contribution in [-0.4, -0.2) is 36.2 Å². The first kappa shape index (κ1) is 13.0. The fourth-order valence-corrected chi connectivity index (χ4v) is 3.93. The van der Waals surface area contributed by atoms with Gasteiger partial charge in [0.1, 0.15) is 0 Å². The van der Waals surface area contributed by atoms with Crippen LogP contribution in [0.2, 0.25) is 0 Å². The maximum atomic E-state index is 12.6. The van der Waals surface area contributed by atoms with Gasteiger partial charge < -0.3 is 10.2 Å². The number of thioether (sulfide) groups is 1. The molecule has 1 aromatic carbocycles. The van der Waals surface area contributed by atoms with Crippen molar-refractivity contribution < 1.29 is 4.79 Å². The quantitative estimate of drug-likeness (QED) is 0.861. The van der Waals surface area contributed by atoms with Gasteiger partial charge in [-0.2, -0.15) is 0 Å². The maximum Gasteiger partial charge on any atom is 0.255 e. The van der Waals surface area contributed by atoms with Crippen molar-refractivity contribution in [2.24, 2.45) is 0 Å². The number of rotatable bonds is 3. The number of hydrogen-bond donors (Lipinski definition) is 1. The molecular formula is C15H20N2OS. The monoisotopic (exact) mass is 276 g/mol. The number of benzene rings is 1. The van der Waals surface area contributed by atoms with E-state index in [9.17, 15) is 4.79 Å². The van der Waals surface area contributed by atoms with Gasteiger partial charge in [-0.05, 0) is 29.4 Å². The van der Waals surface area contributed by atoms with Crippen molar-refractivity contribution in [3.8, 4) is 0 Å². The second kappa shape index (κ2) is 5.17. The molecule has 2 aliphatic rings. The van der Waals surface area contributed by atoms with Crippen LogP contribution in [-0.2, 0) is 6.42 Å². The van der Waals surface area contributed by atoms with E-state index in [1.807, 2.05) is 4.90 Å². The molecule has 0 spiro atoms. The standard InChI is InChI=1S/C15H20N2OS/c1-3-10-7-11-12-9-16-5-6-17(12)15(18)14(11)13(8-10)19-4-2/h7-8,12,16H,3-6,9H2,1-2H3/t12-/m1/s1. The number of nitrogens with one attached hydrogen (secondary N) is 1. The predicted molar refractivity (Wildman–Crippen MR) is 78.9 cm³/mol. The lowest BCUT2D eigenvalue weighted by molar-refractivity contribution is 0.0689. The van der Waals surface area contributed by atoms with Gasteiger partial charge >= 0.3 is 0 Å². The molecule has 4 heteroatoms. The van der Waals surface area contributed by atoms with Crippen LogP contribution in [0.15, 0.2) is 17.0 Å². The average Bonchev–Trinajstić information content (AvgIpc) is 2.73. The van der Waals surface area contributed by atoms with Crippen LogP contribution in [0, 0.1) is 0 Å². The highest BCUT2D eigenvalue weighted by Gasteiger charge is 2.39. The highest BCUT2D eigenvalue weighted by atomic mass is 32.2. The largest absolute Gasteiger partial charge is 0.329 e. The number of nitrogens with zero attached hydrogens (tertiary/aromatic N) is 1. The van der Waals surface area contributed by atoms with Crippen LogP contribution in [0.1, 0.15) is 41.4 Å². The van der Waals surface area contributed by atoms with Crippen molar-refractivity contribution in [2.45, 2.75) is 31.2 Å². The van der Waals surface area contributed by atoms with E-state index in [4.69, 9.17) is 0 Å². The van der Waals surface area contributed by atoms with E-state index in [0.29, 0.717) is 0 Å². The molecule has 1 saturated heterocycles. The Labute approximate surface area is 118 Å². The van der Waals surface area contributed by atoms with E-state index in [1.165, 1.54) is 16.0 Å². The lowest BCUT2D eigenvalue weighted by Crippen LogP contribution is -2.44. The second-order valence-corrected chi connectivity index (χ2v) is 6.37. The molecule has 0 aromatic heterocycles. The third-order valence-electron chi connectivity index (χ3n) is 3.98. The molecule has 19 heavy (non-hydrogen) atoms. The number of hydrogen-bond acceptors (Lipinski definition) is 3. The zero-order valence-corrected chi connectivity index (χ0v) is 12.3. The van der Waals surface area contributed by atoms with Gasteiger partial charge in [-0.3, -0.25) is 4.79 Å². The van der Waals surface area contributed by atoms with Gasteiger partial charge in [0.15, 0.2) is 0 Å². The number of carbonyl (C=O) groups is 1. The Morgan fingerprint density at radius 1 is 1.42 bits per heavy atom. The molecule has 2 heterocycles. The molecule has 0 saturated carbocycles. The Kier molecular flexibility index (Phi) is 3.54. The van der Waals surface area contributed by atoms with Crippen molar-refractivity contribution in [1.29, 1.82) is 0 Å². The first-order chi connectivity index (χ1) is 9.26. The summed E-state index contributed by atoms with van der Waals surface area (Å²) in [4.78, 5) is 15.8. The molecule has 102 valence electrons. The Morgan fingerprint density at radius 3 is 3.00 bits per heavy atom. The first-order valence-corrected chi connectivity index (χ1v) is 8.06. The number of amides is 1. The van der Waals surface area contributed by atoms with Crippen LogP contribution >= 0.6 is 11.8 Å². The summed E-state index contributed by atoms with van der Waals surface area (Å²) in [6.07, 6.45) is 1.03. The average molecular weight is 276 g/mol. The van der Waals surface area contributed by atoms with Gasteiger partial charge in [-0.15, -0.1) is 11.8 Å². The fourth-order valence-electron chi connectivity index (χ4n) is 3.03. The summed E-state index contributed by atoms with van der Waals surface area (Å²) >= 11 is 1.79. The molecule has 3 nitrogen and oxygen atoms in total. The molecule has 3 rings (SSSR count). The van der Waals surface area contributed by atoms with E-state index in [2.05, 4.69) is 31.3 Å². The number of aryl methyl sites for hydroxylation is 1. The van der Waals surface area contributed by atoms with E-state index in [1.54, 1.807) is 11.8 Å². The summed E-state index contributed by atoms with van der Waals surface area (Å²) < 4.78 is 0. The SMILES string of the molecule is CCSc1cc(CC)cc2c1C(=O)N1CCNC[C@H]21. The van der Waals surface area contributed by atoms with E-state index >= 15 is 0 Å². The molecule has 1 aromatic rings. The predicted octanol–water partition coefficient (Wildman–Crippen LogP) is 2.46. The first-order valence-electron chi connectivity index (χ1n) is 7.07. The smallest absolute Gasteiger partial charge is 0.255 e. The molecule has 2 aliphatic heterocycles. The van der Waals surface area contributed by atoms with Crippen molar-refractivity contribution >= 4 is 17.7 Å². The normalized spacial score (nSPS) is 21.5. The second-order valence-electron chi connectivity index (χ2n) is 5.06. The molecule has 1 N–H and O–H groups in total. The molecule has 1 fully saturated rings. The Morgan fingerprint density at radius 2 is 2.26 bits per heavy atom. The lowest BCUT2D eigenvalue weighted by Gasteiger charge is -2.30. The molecule has 0 bridgehead atoms. The third-order valence-corrected chi connectivity index (χ3v) is 4.90. The Balaban J connectivity index is 2.11. The number of carbonyl (C=O) groups excluding carboxylic acids is 1. The maximum absolute atomic E-state index is 12.6. The topological polar surface area (TPSA) is 32.3 Å². The molecule has 0 radical (unpaired) electrons. The Bertz CT molecular complexity index is 515. The molecule has 1 amide bonds. The summed E-state index contributed by atoms with van der Waals surface area (Å²) in [6, 6.07) is 4.69. The van der Waals surface area contributed by atoms with Crippen LogP contribution in [0.4, 0.5) is 0 Å². The highest BCUT2D eigenvalue weighted by molar-refractivity contribution is 7.99. The van der Waals surface area contributed by atoms with Gasteiger partial charge in [0.05, 0.1) is 11.6 Å². The fraction of sp³-hybridized carbons (Fsp3) is 0.533. The van der Waals surface area contributed by atoms with Gasteiger partial charge in [0, 0.05) is 24.5 Å². The van der Waals surface area contributed by atoms with Crippen molar-refractivity contribution in [1.82, 2.24) is 10.2 Å². The van der Waals surface area contributed by atoms with Crippen molar-refractivity contribution in [3.05, 3.63) is 28.8 Å². The minimum atomic E-state index is 0.236. The van der Waals surface area contributed by atoms with Crippen molar-refractivity contribution in [2.75, 3.05) is 25.4 Å². The summed E-state index contributed by atoms with van der Waals surface area (Å²) in [6.45, 7) is 6.95. The number of fused-ring (bicyclic) bond motifs is 3. The molecule has 0 unspecified atom stereocenters. The Hall–Kier alpha value is -1.00. The molecule has 1 atom stereocenters. The van der Waals surface area contributed by atoms with Gasteiger partial charge in [-0.1, -0.05) is 19.9 Å². The van der Waals surface area contributed by atoms with E-state index in [-0.39, 0.29) is 11.9 Å². The summed E-state index contributed by atoms with van der Waals surface area (Å²) in [5.74, 6) is 1.25. The van der Waals surface area contributed by atoms with Crippen LogP contribution in [0.5, 0.6) is 0 Å². The summed E-state index contributed by atoms with van der Waals surface area (Å²) in [5, 5.41) is 3.41. The zero-order chi connectivity index (χ0) is 13.4. The van der Waals surface area contributed by atoms with E-state index < -0.39 is 0 Å². The van der Waals surface area contributed by atoms with Gasteiger partial charge in [0.25, 0.3) is 5.91 Å². The molecule has 0 aliphatic carbocycles. The minimum Gasteiger partial charge on any atom is -0.329 e. The van der Waals surface area contributed by atoms with Gasteiger partial charge in [0.2, 0.25) is 0 Å². The highest BCUT2D eigenvalue weighted by Crippen LogP contribution is 2.40. The lowest BCUT2D eigenvalue weighted by atomic mass is 9.99. The zero-order valence-electron chi connectivity index (χ0n) is 11.5. The third kappa shape index (κ3) is 2.07. The summed E-state index contributed by atoms with van der Waals surface area (Å²) in [5.41, 5.74) is 3.56. The van der Waals surface area contributed by atoms with Gasteiger partial charge in [-0.25, -0.2) is 0 Å².